The van der Waals surface area contributed by atoms with Crippen molar-refractivity contribution in [1.82, 2.24) is 0 Å². The zero-order chi connectivity index (χ0) is 13.3. The Morgan fingerprint density at radius 1 is 1.41 bits per heavy atom. The van der Waals surface area contributed by atoms with E-state index in [2.05, 4.69) is 0 Å². The molecule has 7 heteroatoms. The molecule has 1 atom stereocenters. The van der Waals surface area contributed by atoms with Crippen molar-refractivity contribution >= 4 is 13.6 Å². The summed E-state index contributed by atoms with van der Waals surface area (Å²) in [7, 11) is -4.26. The molecule has 0 radical (unpaired) electrons. The van der Waals surface area contributed by atoms with E-state index in [-0.39, 0.29) is 11.1 Å². The van der Waals surface area contributed by atoms with Gasteiger partial charge in [0.15, 0.2) is 0 Å². The summed E-state index contributed by atoms with van der Waals surface area (Å²) in [6, 6.07) is 6.07. The first-order chi connectivity index (χ1) is 7.64. The highest BCUT2D eigenvalue weighted by Crippen LogP contribution is 2.41. The van der Waals surface area contributed by atoms with Crippen molar-refractivity contribution in [2.45, 2.75) is 18.6 Å². The number of nitrogens with two attached hydrogens (primary N) is 1. The molecule has 1 aromatic carbocycles. The molecule has 0 saturated heterocycles. The van der Waals surface area contributed by atoms with Crippen molar-refractivity contribution in [1.29, 1.82) is 0 Å². The smallest absolute Gasteiger partial charge is 0.329 e. The third kappa shape index (κ3) is 3.38. The van der Waals surface area contributed by atoms with Crippen molar-refractivity contribution in [3.05, 3.63) is 35.4 Å². The van der Waals surface area contributed by atoms with E-state index >= 15 is 0 Å². The van der Waals surface area contributed by atoms with Crippen LogP contribution >= 0.6 is 7.60 Å². The summed E-state index contributed by atoms with van der Waals surface area (Å²) in [6.07, 6.45) is -0.525. The summed E-state index contributed by atoms with van der Waals surface area (Å²) >= 11 is 0. The lowest BCUT2D eigenvalue weighted by atomic mass is 9.90. The van der Waals surface area contributed by atoms with Crippen molar-refractivity contribution in [3.63, 3.8) is 0 Å². The van der Waals surface area contributed by atoms with Gasteiger partial charge in [-0.2, -0.15) is 0 Å². The van der Waals surface area contributed by atoms with Gasteiger partial charge in [0.2, 0.25) is 0 Å². The van der Waals surface area contributed by atoms with E-state index in [1.807, 2.05) is 0 Å². The first-order valence-electron chi connectivity index (χ1n) is 4.80. The molecule has 1 rings (SSSR count). The third-order valence-electron chi connectivity index (χ3n) is 2.40. The van der Waals surface area contributed by atoms with E-state index in [1.165, 1.54) is 19.1 Å². The van der Waals surface area contributed by atoms with Crippen LogP contribution in [0.15, 0.2) is 24.3 Å². The molecule has 0 aliphatic carbocycles. The summed E-state index contributed by atoms with van der Waals surface area (Å²) < 4.78 is 11.0. The molecule has 0 saturated carbocycles. The molecule has 1 unspecified atom stereocenters. The van der Waals surface area contributed by atoms with E-state index in [0.29, 0.717) is 0 Å². The minimum absolute atomic E-state index is 0.204. The maximum absolute atomic E-state index is 11.0. The highest BCUT2D eigenvalue weighted by Gasteiger charge is 2.33. The Bertz CT molecular complexity index is 479. The Hall–Kier alpha value is -1.20. The van der Waals surface area contributed by atoms with E-state index in [4.69, 9.17) is 20.6 Å². The van der Waals surface area contributed by atoms with Gasteiger partial charge in [-0.05, 0) is 18.1 Å². The van der Waals surface area contributed by atoms with Crippen molar-refractivity contribution in [3.8, 4) is 0 Å². The molecule has 0 spiro atoms. The van der Waals surface area contributed by atoms with Gasteiger partial charge < -0.3 is 20.6 Å². The number of carbonyl (C=O) groups is 1. The molecular formula is C10H14NO5P. The fraction of sp³-hybridized carbons (Fsp3) is 0.300. The van der Waals surface area contributed by atoms with Gasteiger partial charge in [-0.15, -0.1) is 0 Å². The quantitative estimate of drug-likeness (QED) is 0.588. The van der Waals surface area contributed by atoms with Crippen LogP contribution in [0.4, 0.5) is 0 Å². The molecular weight excluding hydrogens is 245 g/mol. The number of hydrogen-bond donors (Lipinski definition) is 4. The van der Waals surface area contributed by atoms with Gasteiger partial charge in [0.05, 0.1) is 6.16 Å². The Kier molecular flexibility index (Phi) is 3.74. The zero-order valence-electron chi connectivity index (χ0n) is 9.20. The molecule has 1 aromatic rings. The van der Waals surface area contributed by atoms with E-state index in [9.17, 15) is 9.36 Å². The van der Waals surface area contributed by atoms with E-state index in [0.717, 1.165) is 0 Å². The Balaban J connectivity index is 3.26. The third-order valence-corrected chi connectivity index (χ3v) is 3.15. The molecule has 0 bridgehead atoms. The molecule has 0 fully saturated rings. The second-order valence-corrected chi connectivity index (χ2v) is 5.63. The lowest BCUT2D eigenvalue weighted by Gasteiger charge is -2.23. The molecule has 6 nitrogen and oxygen atoms in total. The van der Waals surface area contributed by atoms with Crippen LogP contribution in [0.1, 0.15) is 18.1 Å². The van der Waals surface area contributed by atoms with E-state index in [1.54, 1.807) is 12.1 Å². The largest absolute Gasteiger partial charge is 0.480 e. The highest BCUT2D eigenvalue weighted by molar-refractivity contribution is 7.50. The number of carboxylic acids is 1. The van der Waals surface area contributed by atoms with Crippen LogP contribution in [0, 0.1) is 0 Å². The molecule has 0 aromatic heterocycles. The predicted molar refractivity (Wildman–Crippen MR) is 61.4 cm³/mol. The Labute approximate surface area is 98.2 Å². The van der Waals surface area contributed by atoms with Crippen LogP contribution in [0.3, 0.4) is 0 Å². The van der Waals surface area contributed by atoms with Crippen LogP contribution in [0.5, 0.6) is 0 Å². The highest BCUT2D eigenvalue weighted by atomic mass is 31.2. The number of carboxylic acid groups (broad SMARTS) is 1. The SMILES string of the molecule is CC(N)(C(=O)O)c1ccccc1CP(=O)(O)O. The van der Waals surface area contributed by atoms with Gasteiger partial charge in [0.25, 0.3) is 0 Å². The fourth-order valence-corrected chi connectivity index (χ4v) is 2.22. The van der Waals surface area contributed by atoms with Crippen LogP contribution in [0.2, 0.25) is 0 Å². The van der Waals surface area contributed by atoms with Gasteiger partial charge in [-0.1, -0.05) is 24.3 Å². The average molecular weight is 259 g/mol. The van der Waals surface area contributed by atoms with Crippen molar-refractivity contribution in [2.75, 3.05) is 0 Å². The zero-order valence-corrected chi connectivity index (χ0v) is 10.1. The van der Waals surface area contributed by atoms with Crippen molar-refractivity contribution < 1.29 is 24.3 Å². The first-order valence-corrected chi connectivity index (χ1v) is 6.59. The van der Waals surface area contributed by atoms with Crippen LogP contribution in [-0.4, -0.2) is 20.9 Å². The second kappa shape index (κ2) is 4.58. The van der Waals surface area contributed by atoms with Gasteiger partial charge in [0, 0.05) is 0 Å². The number of rotatable bonds is 4. The molecule has 0 amide bonds. The number of aliphatic carboxylic acids is 1. The van der Waals surface area contributed by atoms with Crippen LogP contribution in [-0.2, 0) is 21.1 Å². The summed E-state index contributed by atoms with van der Waals surface area (Å²) in [5.74, 6) is -1.25. The molecule has 5 N–H and O–H groups in total. The minimum Gasteiger partial charge on any atom is -0.480 e. The fourth-order valence-electron chi connectivity index (χ4n) is 1.50. The lowest BCUT2D eigenvalue weighted by molar-refractivity contribution is -0.143. The molecule has 94 valence electrons. The minimum atomic E-state index is -4.26. The van der Waals surface area contributed by atoms with Gasteiger partial charge >= 0.3 is 13.6 Å². The summed E-state index contributed by atoms with van der Waals surface area (Å²) in [5.41, 5.74) is 4.42. The topological polar surface area (TPSA) is 121 Å². The first kappa shape index (κ1) is 13.9. The van der Waals surface area contributed by atoms with Gasteiger partial charge in [-0.3, -0.25) is 4.57 Å². The maximum atomic E-state index is 11.0. The summed E-state index contributed by atoms with van der Waals surface area (Å²) in [4.78, 5) is 28.9. The standard InChI is InChI=1S/C10H14NO5P/c1-10(11,9(12)13)8-5-3-2-4-7(8)6-17(14,15)16/h2-5H,6,11H2,1H3,(H,12,13)(H2,14,15,16). The van der Waals surface area contributed by atoms with Crippen molar-refractivity contribution in [2.24, 2.45) is 5.73 Å². The Morgan fingerprint density at radius 3 is 2.41 bits per heavy atom. The Morgan fingerprint density at radius 2 is 1.94 bits per heavy atom. The average Bonchev–Trinajstić information content (AvgIpc) is 2.15. The molecule has 17 heavy (non-hydrogen) atoms. The van der Waals surface area contributed by atoms with E-state index < -0.39 is 25.3 Å². The predicted octanol–water partition coefficient (Wildman–Crippen LogP) is 0.623. The molecule has 0 heterocycles. The van der Waals surface area contributed by atoms with Gasteiger partial charge in [-0.25, -0.2) is 4.79 Å². The van der Waals surface area contributed by atoms with Gasteiger partial charge in [0.1, 0.15) is 5.54 Å². The lowest BCUT2D eigenvalue weighted by Crippen LogP contribution is -2.42. The summed E-state index contributed by atoms with van der Waals surface area (Å²) in [5, 5.41) is 9.00. The van der Waals surface area contributed by atoms with Crippen LogP contribution < -0.4 is 5.73 Å². The summed E-state index contributed by atoms with van der Waals surface area (Å²) in [6.45, 7) is 1.29. The number of hydrogen-bond acceptors (Lipinski definition) is 3. The number of benzene rings is 1. The van der Waals surface area contributed by atoms with Crippen LogP contribution in [0.25, 0.3) is 0 Å². The normalized spacial score (nSPS) is 15.3. The second-order valence-electron chi connectivity index (χ2n) is 3.99. The monoisotopic (exact) mass is 259 g/mol. The molecule has 0 aliphatic heterocycles. The maximum Gasteiger partial charge on any atom is 0.329 e. The molecule has 0 aliphatic rings.